The monoisotopic (exact) mass is 365 g/mol. The number of hydrogen-bond acceptors (Lipinski definition) is 2. The van der Waals surface area contributed by atoms with Crippen LogP contribution in [-0.4, -0.2) is 40.5 Å². The van der Waals surface area contributed by atoms with Gasteiger partial charge in [0.05, 0.1) is 5.92 Å². The van der Waals surface area contributed by atoms with E-state index in [1.165, 1.54) is 27.6 Å². The fraction of sp³-hybridized carbons (Fsp3) is 0.522. The molecule has 0 radical (unpaired) electrons. The van der Waals surface area contributed by atoms with Crippen molar-refractivity contribution in [2.75, 3.05) is 13.1 Å². The number of amides is 1. The minimum Gasteiger partial charge on any atom is -0.361 e. The zero-order valence-electron chi connectivity index (χ0n) is 16.9. The van der Waals surface area contributed by atoms with E-state index in [1.54, 1.807) is 0 Å². The highest BCUT2D eigenvalue weighted by molar-refractivity contribution is 6.00. The quantitative estimate of drug-likeness (QED) is 0.837. The van der Waals surface area contributed by atoms with Crippen LogP contribution in [0, 0.1) is 5.92 Å². The number of H-pyrrole nitrogens is 1. The van der Waals surface area contributed by atoms with Gasteiger partial charge in [-0.2, -0.15) is 0 Å². The molecule has 3 atom stereocenters. The number of aromatic amines is 1. The maximum absolute atomic E-state index is 12.9. The van der Waals surface area contributed by atoms with Crippen LogP contribution in [-0.2, 0) is 11.2 Å². The van der Waals surface area contributed by atoms with Gasteiger partial charge in [0.1, 0.15) is 0 Å². The topological polar surface area (TPSA) is 48.1 Å². The van der Waals surface area contributed by atoms with E-state index in [0.717, 1.165) is 32.4 Å². The van der Waals surface area contributed by atoms with E-state index in [1.807, 2.05) is 0 Å². The Morgan fingerprint density at radius 2 is 2.22 bits per heavy atom. The molecule has 0 bridgehead atoms. The Hall–Kier alpha value is -2.07. The zero-order valence-corrected chi connectivity index (χ0v) is 16.9. The zero-order chi connectivity index (χ0) is 19.2. The molecular weight excluding hydrogens is 334 g/mol. The number of carbonyl (C=O) groups is 1. The number of hydrogen-bond donors (Lipinski definition) is 2. The van der Waals surface area contributed by atoms with Crippen LogP contribution in [0.2, 0.25) is 0 Å². The first-order chi connectivity index (χ1) is 13.0. The van der Waals surface area contributed by atoms with Crippen molar-refractivity contribution in [3.05, 3.63) is 41.6 Å². The maximum atomic E-state index is 12.9. The van der Waals surface area contributed by atoms with Gasteiger partial charge in [-0.1, -0.05) is 32.1 Å². The van der Waals surface area contributed by atoms with Gasteiger partial charge < -0.3 is 10.3 Å². The van der Waals surface area contributed by atoms with Gasteiger partial charge in [-0.25, -0.2) is 0 Å². The van der Waals surface area contributed by atoms with Crippen molar-refractivity contribution >= 4 is 22.4 Å². The normalized spacial score (nSPS) is 25.8. The summed E-state index contributed by atoms with van der Waals surface area (Å²) in [6.07, 6.45) is 7.47. The molecule has 1 amide bonds. The third kappa shape index (κ3) is 2.91. The van der Waals surface area contributed by atoms with Gasteiger partial charge >= 0.3 is 0 Å². The van der Waals surface area contributed by atoms with E-state index in [4.69, 9.17) is 0 Å². The van der Waals surface area contributed by atoms with Gasteiger partial charge in [-0.3, -0.25) is 9.69 Å². The molecular formula is C23H31N3O. The number of fused-ring (bicyclic) bond motifs is 2. The summed E-state index contributed by atoms with van der Waals surface area (Å²) in [7, 11) is 0. The van der Waals surface area contributed by atoms with Crippen molar-refractivity contribution < 1.29 is 4.79 Å². The summed E-state index contributed by atoms with van der Waals surface area (Å²) in [6, 6.07) is 6.71. The van der Waals surface area contributed by atoms with Gasteiger partial charge in [-0.05, 0) is 62.4 Å². The van der Waals surface area contributed by atoms with Crippen molar-refractivity contribution in [1.29, 1.82) is 0 Å². The second-order valence-electron chi connectivity index (χ2n) is 8.44. The summed E-state index contributed by atoms with van der Waals surface area (Å²) in [5.41, 5.74) is 5.15. The molecule has 1 aromatic carbocycles. The Morgan fingerprint density at radius 3 is 2.96 bits per heavy atom. The summed E-state index contributed by atoms with van der Waals surface area (Å²) >= 11 is 0. The smallest absolute Gasteiger partial charge is 0.228 e. The number of nitrogens with one attached hydrogen (secondary N) is 2. The van der Waals surface area contributed by atoms with Crippen molar-refractivity contribution in [3.63, 3.8) is 0 Å². The number of rotatable bonds is 5. The fourth-order valence-electron chi connectivity index (χ4n) is 4.84. The highest BCUT2D eigenvalue weighted by Gasteiger charge is 2.45. The predicted molar refractivity (Wildman–Crippen MR) is 112 cm³/mol. The second kappa shape index (κ2) is 6.83. The molecule has 1 aromatic heterocycles. The van der Waals surface area contributed by atoms with Gasteiger partial charge in [-0.15, -0.1) is 0 Å². The van der Waals surface area contributed by atoms with Crippen LogP contribution in [0.15, 0.2) is 30.5 Å². The molecule has 0 saturated carbocycles. The van der Waals surface area contributed by atoms with Crippen LogP contribution < -0.4 is 5.32 Å². The third-order valence-electron chi connectivity index (χ3n) is 6.51. The van der Waals surface area contributed by atoms with Crippen LogP contribution in [0.1, 0.15) is 51.7 Å². The van der Waals surface area contributed by atoms with E-state index in [2.05, 4.69) is 73.4 Å². The molecule has 1 aliphatic carbocycles. The van der Waals surface area contributed by atoms with Crippen molar-refractivity contribution in [2.24, 2.45) is 5.92 Å². The summed E-state index contributed by atoms with van der Waals surface area (Å²) in [5, 5.41) is 4.53. The Bertz CT molecular complexity index is 896. The van der Waals surface area contributed by atoms with Crippen molar-refractivity contribution in [3.8, 4) is 0 Å². The second-order valence-corrected chi connectivity index (χ2v) is 8.44. The Labute approximate surface area is 162 Å². The fourth-order valence-corrected chi connectivity index (χ4v) is 4.84. The van der Waals surface area contributed by atoms with Crippen molar-refractivity contribution in [2.45, 2.75) is 58.5 Å². The molecule has 4 nitrogen and oxygen atoms in total. The van der Waals surface area contributed by atoms with Crippen LogP contribution in [0.25, 0.3) is 16.5 Å². The summed E-state index contributed by atoms with van der Waals surface area (Å²) < 4.78 is 0. The summed E-state index contributed by atoms with van der Waals surface area (Å²) in [6.45, 7) is 10.6. The molecule has 2 N–H and O–H groups in total. The number of benzene rings is 1. The lowest BCUT2D eigenvalue weighted by Crippen LogP contribution is -2.56. The van der Waals surface area contributed by atoms with Crippen LogP contribution in [0.4, 0.5) is 0 Å². The first-order valence-corrected chi connectivity index (χ1v) is 10.3. The Balaban J connectivity index is 1.81. The maximum Gasteiger partial charge on any atom is 0.228 e. The largest absolute Gasteiger partial charge is 0.361 e. The Kier molecular flexibility index (Phi) is 4.63. The van der Waals surface area contributed by atoms with Crippen LogP contribution in [0.3, 0.4) is 0 Å². The van der Waals surface area contributed by atoms with Gasteiger partial charge in [0.25, 0.3) is 0 Å². The molecule has 0 spiro atoms. The average molecular weight is 366 g/mol. The minimum absolute atomic E-state index is 0.0490. The molecule has 2 heterocycles. The molecule has 2 aromatic rings. The highest BCUT2D eigenvalue weighted by Crippen LogP contribution is 2.47. The van der Waals surface area contributed by atoms with E-state index < -0.39 is 0 Å². The van der Waals surface area contributed by atoms with Crippen LogP contribution >= 0.6 is 0 Å². The highest BCUT2D eigenvalue weighted by atomic mass is 16.2. The molecule has 2 aliphatic rings. The molecule has 27 heavy (non-hydrogen) atoms. The minimum atomic E-state index is -0.0932. The van der Waals surface area contributed by atoms with Gasteiger partial charge in [0.15, 0.2) is 0 Å². The molecule has 4 heteroatoms. The lowest BCUT2D eigenvalue weighted by Gasteiger charge is -2.50. The van der Waals surface area contributed by atoms with E-state index in [0.29, 0.717) is 0 Å². The summed E-state index contributed by atoms with van der Waals surface area (Å²) in [4.78, 5) is 18.9. The Morgan fingerprint density at radius 1 is 1.41 bits per heavy atom. The molecule has 0 fully saturated rings. The van der Waals surface area contributed by atoms with Crippen LogP contribution in [0.5, 0.6) is 0 Å². The van der Waals surface area contributed by atoms with Gasteiger partial charge in [0, 0.05) is 35.2 Å². The standard InChI is InChI=1S/C23H31N3O/c1-5-10-26-14-16(22(27)25-15(3)6-2)11-19-18-8-7-9-20-21(18)17(13-24-20)12-23(19,26)4/h7-9,11,13,15-16,24H,5-6,10,12,14H2,1-4H3,(H,25,27)/t15-,16-,23-/m1/s1. The molecule has 1 aliphatic heterocycles. The number of carbonyl (C=O) groups excluding carboxylic acids is 1. The van der Waals surface area contributed by atoms with E-state index in [9.17, 15) is 4.79 Å². The first-order valence-electron chi connectivity index (χ1n) is 10.3. The molecule has 144 valence electrons. The molecule has 4 rings (SSSR count). The number of nitrogens with zero attached hydrogens (tertiary/aromatic N) is 1. The SMILES string of the molecule is CCCN1C[C@H](C(=O)N[C@H](C)CC)C=C2c3cccc4[nH]cc(c34)C[C@]21C. The summed E-state index contributed by atoms with van der Waals surface area (Å²) in [5.74, 6) is 0.0661. The average Bonchev–Trinajstić information content (AvgIpc) is 3.06. The van der Waals surface area contributed by atoms with Gasteiger partial charge in [0.2, 0.25) is 5.91 Å². The lowest BCUT2D eigenvalue weighted by molar-refractivity contribution is -0.125. The first kappa shape index (κ1) is 18.3. The van der Waals surface area contributed by atoms with Crippen molar-refractivity contribution in [1.82, 2.24) is 15.2 Å². The van der Waals surface area contributed by atoms with E-state index in [-0.39, 0.29) is 23.4 Å². The molecule has 0 unspecified atom stereocenters. The lowest BCUT2D eigenvalue weighted by atomic mass is 9.71. The molecule has 0 saturated heterocycles. The third-order valence-corrected chi connectivity index (χ3v) is 6.51. The number of aromatic nitrogens is 1. The predicted octanol–water partition coefficient (Wildman–Crippen LogP) is 4.12. The van der Waals surface area contributed by atoms with E-state index >= 15 is 0 Å².